The molecule has 6 heteroatoms. The van der Waals surface area contributed by atoms with Crippen LogP contribution in [0.2, 0.25) is 0 Å². The van der Waals surface area contributed by atoms with E-state index in [2.05, 4.69) is 10.1 Å². The standard InChI is InChI=1S/C18H20N2O4/c1-23-17(21)11-16(14-8-5-9-15(19)10-14)20-18(22)24-12-13-6-3-2-4-7-13/h2-10,16H,11-12,19H2,1H3,(H,20,22). The minimum absolute atomic E-state index is 0.0135. The summed E-state index contributed by atoms with van der Waals surface area (Å²) in [6.45, 7) is 0.147. The average Bonchev–Trinajstić information content (AvgIpc) is 2.60. The summed E-state index contributed by atoms with van der Waals surface area (Å²) in [6.07, 6.45) is -0.629. The zero-order valence-corrected chi connectivity index (χ0v) is 13.4. The molecule has 0 heterocycles. The molecule has 2 aromatic carbocycles. The van der Waals surface area contributed by atoms with Crippen LogP contribution in [-0.4, -0.2) is 19.2 Å². The van der Waals surface area contributed by atoms with Crippen molar-refractivity contribution in [3.63, 3.8) is 0 Å². The molecule has 0 radical (unpaired) electrons. The van der Waals surface area contributed by atoms with E-state index < -0.39 is 18.1 Å². The lowest BCUT2D eigenvalue weighted by atomic mass is 10.0. The lowest BCUT2D eigenvalue weighted by molar-refractivity contribution is -0.141. The molecule has 1 unspecified atom stereocenters. The summed E-state index contributed by atoms with van der Waals surface area (Å²) < 4.78 is 9.87. The molecule has 0 aliphatic carbocycles. The fraction of sp³-hybridized carbons (Fsp3) is 0.222. The summed E-state index contributed by atoms with van der Waals surface area (Å²) in [5, 5.41) is 2.68. The first-order valence-electron chi connectivity index (χ1n) is 7.48. The van der Waals surface area contributed by atoms with Crippen LogP contribution < -0.4 is 11.1 Å². The van der Waals surface area contributed by atoms with Gasteiger partial charge in [-0.15, -0.1) is 0 Å². The molecule has 1 atom stereocenters. The molecule has 0 saturated heterocycles. The molecule has 0 aliphatic rings. The molecule has 2 rings (SSSR count). The molecular weight excluding hydrogens is 308 g/mol. The Labute approximate surface area is 140 Å². The van der Waals surface area contributed by atoms with Crippen molar-refractivity contribution in [3.05, 3.63) is 65.7 Å². The lowest BCUT2D eigenvalue weighted by Gasteiger charge is -2.18. The average molecular weight is 328 g/mol. The van der Waals surface area contributed by atoms with E-state index in [4.69, 9.17) is 10.5 Å². The van der Waals surface area contributed by atoms with Gasteiger partial charge in [0.05, 0.1) is 19.6 Å². The topological polar surface area (TPSA) is 90.6 Å². The minimum Gasteiger partial charge on any atom is -0.469 e. The van der Waals surface area contributed by atoms with E-state index >= 15 is 0 Å². The highest BCUT2D eigenvalue weighted by molar-refractivity contribution is 5.73. The van der Waals surface area contributed by atoms with E-state index in [0.717, 1.165) is 5.56 Å². The number of nitrogens with two attached hydrogens (primary N) is 1. The number of carbonyl (C=O) groups excluding carboxylic acids is 2. The van der Waals surface area contributed by atoms with Crippen LogP contribution in [0.3, 0.4) is 0 Å². The van der Waals surface area contributed by atoms with Crippen LogP contribution >= 0.6 is 0 Å². The molecule has 1 amide bonds. The van der Waals surface area contributed by atoms with E-state index in [0.29, 0.717) is 11.3 Å². The molecule has 0 bridgehead atoms. The highest BCUT2D eigenvalue weighted by Gasteiger charge is 2.20. The van der Waals surface area contributed by atoms with Gasteiger partial charge < -0.3 is 20.5 Å². The molecule has 0 saturated carbocycles. The van der Waals surface area contributed by atoms with Crippen molar-refractivity contribution < 1.29 is 19.1 Å². The maximum atomic E-state index is 12.0. The molecule has 0 spiro atoms. The number of methoxy groups -OCH3 is 1. The van der Waals surface area contributed by atoms with Crippen molar-refractivity contribution in [2.24, 2.45) is 0 Å². The monoisotopic (exact) mass is 328 g/mol. The van der Waals surface area contributed by atoms with Gasteiger partial charge in [-0.2, -0.15) is 0 Å². The van der Waals surface area contributed by atoms with Crippen molar-refractivity contribution >= 4 is 17.7 Å². The Morgan fingerprint density at radius 1 is 1.12 bits per heavy atom. The number of hydrogen-bond acceptors (Lipinski definition) is 5. The lowest BCUT2D eigenvalue weighted by Crippen LogP contribution is -2.31. The summed E-state index contributed by atoms with van der Waals surface area (Å²) in [5.74, 6) is -0.439. The smallest absolute Gasteiger partial charge is 0.407 e. The second kappa shape index (κ2) is 8.57. The fourth-order valence-electron chi connectivity index (χ4n) is 2.19. The van der Waals surface area contributed by atoms with Crippen molar-refractivity contribution in [2.45, 2.75) is 19.1 Å². The van der Waals surface area contributed by atoms with E-state index in [-0.39, 0.29) is 13.0 Å². The maximum Gasteiger partial charge on any atom is 0.407 e. The Hall–Kier alpha value is -3.02. The van der Waals surface area contributed by atoms with Gasteiger partial charge in [0.2, 0.25) is 0 Å². The van der Waals surface area contributed by atoms with Crippen LogP contribution in [0.15, 0.2) is 54.6 Å². The Morgan fingerprint density at radius 2 is 1.88 bits per heavy atom. The number of alkyl carbamates (subject to hydrolysis) is 1. The highest BCUT2D eigenvalue weighted by Crippen LogP contribution is 2.20. The number of amides is 1. The molecule has 6 nitrogen and oxygen atoms in total. The first-order valence-corrected chi connectivity index (χ1v) is 7.48. The molecule has 0 aliphatic heterocycles. The van der Waals surface area contributed by atoms with Gasteiger partial charge in [-0.3, -0.25) is 4.79 Å². The van der Waals surface area contributed by atoms with Gasteiger partial charge in [-0.25, -0.2) is 4.79 Å². The zero-order chi connectivity index (χ0) is 17.4. The van der Waals surface area contributed by atoms with E-state index in [1.807, 2.05) is 30.3 Å². The Bertz CT molecular complexity index is 688. The number of benzene rings is 2. The van der Waals surface area contributed by atoms with E-state index in [1.54, 1.807) is 24.3 Å². The van der Waals surface area contributed by atoms with Crippen LogP contribution in [0.4, 0.5) is 10.5 Å². The van der Waals surface area contributed by atoms with Gasteiger partial charge >= 0.3 is 12.1 Å². The van der Waals surface area contributed by atoms with Gasteiger partial charge in [0, 0.05) is 5.69 Å². The van der Waals surface area contributed by atoms with Gasteiger partial charge in [-0.1, -0.05) is 42.5 Å². The zero-order valence-electron chi connectivity index (χ0n) is 13.4. The van der Waals surface area contributed by atoms with Crippen LogP contribution in [0.1, 0.15) is 23.6 Å². The predicted octanol–water partition coefficient (Wildman–Crippen LogP) is 2.80. The minimum atomic E-state index is -0.616. The number of nitrogens with one attached hydrogen (secondary N) is 1. The molecule has 0 aromatic heterocycles. The number of rotatable bonds is 6. The third-order valence-corrected chi connectivity index (χ3v) is 3.42. The van der Waals surface area contributed by atoms with Crippen molar-refractivity contribution in [1.82, 2.24) is 5.32 Å². The number of carbonyl (C=O) groups is 2. The molecule has 2 aromatic rings. The second-order valence-electron chi connectivity index (χ2n) is 5.21. The van der Waals surface area contributed by atoms with Crippen molar-refractivity contribution in [3.8, 4) is 0 Å². The number of esters is 1. The van der Waals surface area contributed by atoms with Crippen LogP contribution in [0.5, 0.6) is 0 Å². The number of ether oxygens (including phenoxy) is 2. The van der Waals surface area contributed by atoms with Crippen LogP contribution in [0.25, 0.3) is 0 Å². The quantitative estimate of drug-likeness (QED) is 0.628. The number of anilines is 1. The highest BCUT2D eigenvalue weighted by atomic mass is 16.5. The second-order valence-corrected chi connectivity index (χ2v) is 5.21. The summed E-state index contributed by atoms with van der Waals surface area (Å²) in [4.78, 5) is 23.6. The van der Waals surface area contributed by atoms with Crippen molar-refractivity contribution in [2.75, 3.05) is 12.8 Å². The summed E-state index contributed by atoms with van der Waals surface area (Å²) in [7, 11) is 1.30. The third-order valence-electron chi connectivity index (χ3n) is 3.42. The van der Waals surface area contributed by atoms with Gasteiger partial charge in [-0.05, 0) is 23.3 Å². The number of hydrogen-bond donors (Lipinski definition) is 2. The Kier molecular flexibility index (Phi) is 6.19. The third kappa shape index (κ3) is 5.31. The summed E-state index contributed by atoms with van der Waals surface area (Å²) in [6, 6.07) is 15.7. The first-order chi connectivity index (χ1) is 11.6. The van der Waals surface area contributed by atoms with Gasteiger partial charge in [0.15, 0.2) is 0 Å². The SMILES string of the molecule is COC(=O)CC(NC(=O)OCc1ccccc1)c1cccc(N)c1. The first kappa shape index (κ1) is 17.3. The maximum absolute atomic E-state index is 12.0. The number of nitrogen functional groups attached to an aromatic ring is 1. The van der Waals surface area contributed by atoms with Crippen LogP contribution in [0, 0.1) is 0 Å². The summed E-state index contributed by atoms with van der Waals surface area (Å²) >= 11 is 0. The largest absolute Gasteiger partial charge is 0.469 e. The fourth-order valence-corrected chi connectivity index (χ4v) is 2.19. The molecule has 24 heavy (non-hydrogen) atoms. The van der Waals surface area contributed by atoms with Gasteiger partial charge in [0.25, 0.3) is 0 Å². The molecule has 0 fully saturated rings. The van der Waals surface area contributed by atoms with Crippen molar-refractivity contribution in [1.29, 1.82) is 0 Å². The van der Waals surface area contributed by atoms with Crippen LogP contribution in [-0.2, 0) is 20.9 Å². The molecule has 3 N–H and O–H groups in total. The molecule has 126 valence electrons. The van der Waals surface area contributed by atoms with E-state index in [9.17, 15) is 9.59 Å². The predicted molar refractivity (Wildman–Crippen MR) is 90.0 cm³/mol. The Balaban J connectivity index is 2.01. The summed E-state index contributed by atoms with van der Waals surface area (Å²) in [5.41, 5.74) is 7.89. The van der Waals surface area contributed by atoms with E-state index in [1.165, 1.54) is 7.11 Å². The van der Waals surface area contributed by atoms with Gasteiger partial charge in [0.1, 0.15) is 6.61 Å². The molecular formula is C18H20N2O4. The Morgan fingerprint density at radius 3 is 2.54 bits per heavy atom. The normalized spacial score (nSPS) is 11.4.